The number of nitrogens with zero attached hydrogens (tertiary/aromatic N) is 4. The van der Waals surface area contributed by atoms with Crippen molar-refractivity contribution in [2.45, 2.75) is 19.9 Å². The summed E-state index contributed by atoms with van der Waals surface area (Å²) in [6.45, 7) is 7.57. The summed E-state index contributed by atoms with van der Waals surface area (Å²) < 4.78 is 1.77. The van der Waals surface area contributed by atoms with E-state index in [-0.39, 0.29) is 11.6 Å². The lowest BCUT2D eigenvalue weighted by Gasteiger charge is -2.31. The number of rotatable bonds is 3. The summed E-state index contributed by atoms with van der Waals surface area (Å²) in [5.41, 5.74) is 1.61. The maximum Gasteiger partial charge on any atom is 0.255 e. The van der Waals surface area contributed by atoms with Gasteiger partial charge in [-0.15, -0.1) is 0 Å². The molecule has 0 spiro atoms. The molecule has 6 nitrogen and oxygen atoms in total. The fraction of sp³-hybridized carbons (Fsp3) is 0.438. The van der Waals surface area contributed by atoms with E-state index in [1.54, 1.807) is 23.0 Å². The van der Waals surface area contributed by atoms with E-state index >= 15 is 0 Å². The molecule has 1 aliphatic rings. The molecule has 0 bridgehead atoms. The molecule has 1 saturated heterocycles. The maximum absolute atomic E-state index is 12.6. The molecular weight excluding hydrogens is 278 g/mol. The van der Waals surface area contributed by atoms with Crippen molar-refractivity contribution in [3.05, 3.63) is 40.9 Å². The van der Waals surface area contributed by atoms with E-state index < -0.39 is 0 Å². The van der Waals surface area contributed by atoms with Gasteiger partial charge in [0.05, 0.1) is 5.69 Å². The number of pyridine rings is 1. The van der Waals surface area contributed by atoms with Gasteiger partial charge in [-0.3, -0.25) is 14.3 Å². The fourth-order valence-electron chi connectivity index (χ4n) is 2.72. The Balaban J connectivity index is 2.12. The number of anilines is 1. The van der Waals surface area contributed by atoms with Crippen molar-refractivity contribution < 1.29 is 0 Å². The number of nitrogens with one attached hydrogen (secondary N) is 1. The molecule has 0 aliphatic carbocycles. The monoisotopic (exact) mass is 299 g/mol. The molecule has 1 N–H and O–H groups in total. The predicted octanol–water partition coefficient (Wildman–Crippen LogP) is 1.30. The minimum absolute atomic E-state index is 0.00894. The highest BCUT2D eigenvalue weighted by atomic mass is 16.1. The fourth-order valence-corrected chi connectivity index (χ4v) is 2.72. The van der Waals surface area contributed by atoms with Gasteiger partial charge in [-0.05, 0) is 26.0 Å². The second-order valence-corrected chi connectivity index (χ2v) is 5.72. The average Bonchev–Trinajstić information content (AvgIpc) is 2.55. The first-order valence-electron chi connectivity index (χ1n) is 7.66. The minimum Gasteiger partial charge on any atom is -0.340 e. The van der Waals surface area contributed by atoms with Crippen molar-refractivity contribution in [3.63, 3.8) is 0 Å². The molecule has 2 aromatic heterocycles. The number of piperazine rings is 1. The summed E-state index contributed by atoms with van der Waals surface area (Å²) in [4.78, 5) is 23.6. The van der Waals surface area contributed by atoms with Crippen molar-refractivity contribution in [2.24, 2.45) is 0 Å². The zero-order valence-corrected chi connectivity index (χ0v) is 13.0. The quantitative estimate of drug-likeness (QED) is 0.925. The highest BCUT2D eigenvalue weighted by molar-refractivity contribution is 5.59. The molecule has 0 radical (unpaired) electrons. The second kappa shape index (κ2) is 6.27. The van der Waals surface area contributed by atoms with Crippen LogP contribution in [0.3, 0.4) is 0 Å². The van der Waals surface area contributed by atoms with Crippen molar-refractivity contribution in [3.8, 4) is 11.3 Å². The molecule has 1 aliphatic heterocycles. The van der Waals surface area contributed by atoms with Crippen LogP contribution in [0.15, 0.2) is 35.4 Å². The van der Waals surface area contributed by atoms with E-state index in [2.05, 4.69) is 15.2 Å². The second-order valence-electron chi connectivity index (χ2n) is 5.72. The average molecular weight is 299 g/mol. The molecule has 3 heterocycles. The van der Waals surface area contributed by atoms with Crippen LogP contribution in [0.5, 0.6) is 0 Å². The topological polar surface area (TPSA) is 63.1 Å². The Morgan fingerprint density at radius 1 is 1.18 bits per heavy atom. The van der Waals surface area contributed by atoms with Crippen LogP contribution in [-0.4, -0.2) is 40.7 Å². The van der Waals surface area contributed by atoms with E-state index in [4.69, 9.17) is 4.98 Å². The molecule has 2 aromatic rings. The Morgan fingerprint density at radius 2 is 1.86 bits per heavy atom. The molecule has 0 unspecified atom stereocenters. The third-order valence-corrected chi connectivity index (χ3v) is 3.83. The van der Waals surface area contributed by atoms with Crippen LogP contribution in [-0.2, 0) is 0 Å². The Kier molecular flexibility index (Phi) is 4.20. The standard InChI is InChI=1S/C16H21N5O/c1-12(2)21-15(22)11-14(13-3-5-17-6-4-13)19-16(21)20-9-7-18-8-10-20/h3-6,11-12,18H,7-10H2,1-2H3. The summed E-state index contributed by atoms with van der Waals surface area (Å²) >= 11 is 0. The van der Waals surface area contributed by atoms with Gasteiger partial charge in [0.2, 0.25) is 5.95 Å². The van der Waals surface area contributed by atoms with Gasteiger partial charge < -0.3 is 10.2 Å². The molecule has 0 amide bonds. The lowest BCUT2D eigenvalue weighted by molar-refractivity contribution is 0.523. The Bertz CT molecular complexity index is 689. The molecular formula is C16H21N5O. The van der Waals surface area contributed by atoms with Gasteiger partial charge in [-0.1, -0.05) is 0 Å². The largest absolute Gasteiger partial charge is 0.340 e. The van der Waals surface area contributed by atoms with Gasteiger partial charge in [0.15, 0.2) is 0 Å². The highest BCUT2D eigenvalue weighted by Crippen LogP contribution is 2.21. The summed E-state index contributed by atoms with van der Waals surface area (Å²) in [5.74, 6) is 0.760. The normalized spacial score (nSPS) is 15.3. The van der Waals surface area contributed by atoms with Gasteiger partial charge in [0.25, 0.3) is 5.56 Å². The van der Waals surface area contributed by atoms with Gasteiger partial charge in [0.1, 0.15) is 0 Å². The highest BCUT2D eigenvalue weighted by Gasteiger charge is 2.19. The van der Waals surface area contributed by atoms with E-state index in [0.29, 0.717) is 5.69 Å². The van der Waals surface area contributed by atoms with E-state index in [9.17, 15) is 4.79 Å². The Hall–Kier alpha value is -2.21. The zero-order valence-electron chi connectivity index (χ0n) is 13.0. The van der Waals surface area contributed by atoms with Gasteiger partial charge in [-0.25, -0.2) is 4.98 Å². The number of hydrogen-bond donors (Lipinski definition) is 1. The van der Waals surface area contributed by atoms with Crippen LogP contribution in [0, 0.1) is 0 Å². The van der Waals surface area contributed by atoms with Gasteiger partial charge in [0, 0.05) is 56.2 Å². The predicted molar refractivity (Wildman–Crippen MR) is 87.2 cm³/mol. The number of aromatic nitrogens is 3. The summed E-state index contributed by atoms with van der Waals surface area (Å²) in [6, 6.07) is 5.45. The van der Waals surface area contributed by atoms with Crippen molar-refractivity contribution >= 4 is 5.95 Å². The minimum atomic E-state index is -0.00894. The molecule has 116 valence electrons. The Labute approximate surface area is 129 Å². The van der Waals surface area contributed by atoms with Crippen LogP contribution in [0.2, 0.25) is 0 Å². The SMILES string of the molecule is CC(C)n1c(N2CCNCC2)nc(-c2ccncc2)cc1=O. The van der Waals surface area contributed by atoms with E-state index in [0.717, 1.165) is 37.7 Å². The van der Waals surface area contributed by atoms with Crippen molar-refractivity contribution in [1.29, 1.82) is 0 Å². The van der Waals surface area contributed by atoms with Crippen LogP contribution >= 0.6 is 0 Å². The van der Waals surface area contributed by atoms with Gasteiger partial charge in [-0.2, -0.15) is 0 Å². The smallest absolute Gasteiger partial charge is 0.255 e. The summed E-state index contributed by atoms with van der Waals surface area (Å²) in [5, 5.41) is 3.33. The third kappa shape index (κ3) is 2.87. The van der Waals surface area contributed by atoms with Crippen LogP contribution in [0.25, 0.3) is 11.3 Å². The molecule has 0 aromatic carbocycles. The lowest BCUT2D eigenvalue weighted by atomic mass is 10.2. The van der Waals surface area contributed by atoms with E-state index in [1.807, 2.05) is 26.0 Å². The zero-order chi connectivity index (χ0) is 15.5. The molecule has 0 saturated carbocycles. The first-order valence-corrected chi connectivity index (χ1v) is 7.66. The van der Waals surface area contributed by atoms with Crippen LogP contribution in [0.4, 0.5) is 5.95 Å². The molecule has 0 atom stereocenters. The van der Waals surface area contributed by atoms with E-state index in [1.165, 1.54) is 0 Å². The molecule has 1 fully saturated rings. The lowest BCUT2D eigenvalue weighted by Crippen LogP contribution is -2.46. The van der Waals surface area contributed by atoms with Crippen LogP contribution in [0.1, 0.15) is 19.9 Å². The first kappa shape index (κ1) is 14.7. The summed E-state index contributed by atoms with van der Waals surface area (Å²) in [7, 11) is 0. The van der Waals surface area contributed by atoms with Crippen LogP contribution < -0.4 is 15.8 Å². The molecule has 22 heavy (non-hydrogen) atoms. The Morgan fingerprint density at radius 3 is 2.50 bits per heavy atom. The maximum atomic E-state index is 12.6. The van der Waals surface area contributed by atoms with Crippen molar-refractivity contribution in [1.82, 2.24) is 19.9 Å². The third-order valence-electron chi connectivity index (χ3n) is 3.83. The van der Waals surface area contributed by atoms with Crippen molar-refractivity contribution in [2.75, 3.05) is 31.1 Å². The first-order chi connectivity index (χ1) is 10.7. The number of hydrogen-bond acceptors (Lipinski definition) is 5. The summed E-state index contributed by atoms with van der Waals surface area (Å²) in [6.07, 6.45) is 3.44. The van der Waals surface area contributed by atoms with Gasteiger partial charge >= 0.3 is 0 Å². The molecule has 6 heteroatoms. The molecule has 3 rings (SSSR count).